The predicted octanol–water partition coefficient (Wildman–Crippen LogP) is 2.47. The van der Waals surface area contributed by atoms with Crippen molar-refractivity contribution in [3.63, 3.8) is 0 Å². The average Bonchev–Trinajstić information content (AvgIpc) is 1.99. The molecule has 0 unspecified atom stereocenters. The van der Waals surface area contributed by atoms with Gasteiger partial charge in [-0.1, -0.05) is 0 Å². The molecule has 58 valence electrons. The summed E-state index contributed by atoms with van der Waals surface area (Å²) in [6.45, 7) is 0. The lowest BCUT2D eigenvalue weighted by molar-refractivity contribution is 0.498. The van der Waals surface area contributed by atoms with E-state index >= 15 is 0 Å². The molecule has 5 heteroatoms. The van der Waals surface area contributed by atoms with Gasteiger partial charge in [0.2, 0.25) is 0 Å². The molecule has 1 nitrogen and oxygen atoms in total. The fourth-order valence-corrected chi connectivity index (χ4v) is 0.767. The molecule has 0 saturated heterocycles. The third-order valence-corrected chi connectivity index (χ3v) is 1.29. The van der Waals surface area contributed by atoms with Crippen LogP contribution in [0.5, 0.6) is 0 Å². The van der Waals surface area contributed by atoms with Crippen LogP contribution in [0.4, 0.5) is 18.9 Å². The van der Waals surface area contributed by atoms with Gasteiger partial charge in [-0.05, 0) is 12.1 Å². The van der Waals surface area contributed by atoms with Crippen molar-refractivity contribution in [1.82, 2.24) is 0 Å². The Morgan fingerprint density at radius 1 is 1.09 bits per heavy atom. The van der Waals surface area contributed by atoms with E-state index < -0.39 is 23.1 Å². The second-order valence-electron chi connectivity index (χ2n) is 1.78. The van der Waals surface area contributed by atoms with Crippen molar-refractivity contribution >= 4 is 18.1 Å². The smallest absolute Gasteiger partial charge is 0.188 e. The van der Waals surface area contributed by atoms with Gasteiger partial charge < -0.3 is 0 Å². The molecule has 0 fully saturated rings. The minimum atomic E-state index is -1.35. The summed E-state index contributed by atoms with van der Waals surface area (Å²) in [6.07, 6.45) is 0. The standard InChI is InChI=1S/C6H2F3NS/c7-3-1-2-4(8)6(10-11)5(3)9/h1-2H. The molecule has 0 amide bonds. The Kier molecular flexibility index (Phi) is 2.19. The van der Waals surface area contributed by atoms with E-state index in [-0.39, 0.29) is 0 Å². The molecule has 11 heavy (non-hydrogen) atoms. The van der Waals surface area contributed by atoms with E-state index in [0.717, 1.165) is 6.07 Å². The summed E-state index contributed by atoms with van der Waals surface area (Å²) in [7, 11) is 0. The third-order valence-electron chi connectivity index (χ3n) is 1.11. The van der Waals surface area contributed by atoms with Crippen LogP contribution in [0.1, 0.15) is 0 Å². The van der Waals surface area contributed by atoms with Crippen LogP contribution in [0.25, 0.3) is 0 Å². The first-order chi connectivity index (χ1) is 5.16. The summed E-state index contributed by atoms with van der Waals surface area (Å²) < 4.78 is 40.1. The summed E-state index contributed by atoms with van der Waals surface area (Å²) in [6, 6.07) is 1.44. The minimum Gasteiger partial charge on any atom is -0.204 e. The zero-order chi connectivity index (χ0) is 8.43. The SMILES string of the molecule is Fc1ccc(F)c(N=S)c1F. The first-order valence-corrected chi connectivity index (χ1v) is 3.00. The van der Waals surface area contributed by atoms with E-state index in [2.05, 4.69) is 16.8 Å². The summed E-state index contributed by atoms with van der Waals surface area (Å²) >= 11 is 4.03. The number of benzene rings is 1. The first-order valence-electron chi connectivity index (χ1n) is 2.63. The van der Waals surface area contributed by atoms with Crippen LogP contribution in [0.3, 0.4) is 0 Å². The van der Waals surface area contributed by atoms with Gasteiger partial charge in [0.15, 0.2) is 23.1 Å². The molecule has 0 aromatic heterocycles. The molecule has 0 spiro atoms. The molecule has 0 aliphatic rings. The second-order valence-corrected chi connectivity index (χ2v) is 1.97. The maximum Gasteiger partial charge on any atom is 0.188 e. The van der Waals surface area contributed by atoms with Crippen LogP contribution < -0.4 is 0 Å². The highest BCUT2D eigenvalue weighted by Crippen LogP contribution is 2.23. The molecule has 0 bridgehead atoms. The van der Waals surface area contributed by atoms with Crippen molar-refractivity contribution in [3.8, 4) is 0 Å². The van der Waals surface area contributed by atoms with Gasteiger partial charge in [0.1, 0.15) is 0 Å². The highest BCUT2D eigenvalue weighted by atomic mass is 32.1. The molecule has 0 aliphatic heterocycles. The van der Waals surface area contributed by atoms with Gasteiger partial charge in [-0.15, -0.1) is 0 Å². The molecule has 0 radical (unpaired) electrons. The van der Waals surface area contributed by atoms with Gasteiger partial charge in [0.25, 0.3) is 0 Å². The van der Waals surface area contributed by atoms with E-state index in [1.807, 2.05) is 0 Å². The molecule has 1 rings (SSSR count). The quantitative estimate of drug-likeness (QED) is 0.600. The van der Waals surface area contributed by atoms with Gasteiger partial charge >= 0.3 is 0 Å². The van der Waals surface area contributed by atoms with Crippen molar-refractivity contribution < 1.29 is 13.2 Å². The first kappa shape index (κ1) is 8.13. The Morgan fingerprint density at radius 3 is 2.09 bits per heavy atom. The van der Waals surface area contributed by atoms with Gasteiger partial charge in [0, 0.05) is 12.4 Å². The molecular formula is C6H2F3NS. The number of hydrogen-bond acceptors (Lipinski definition) is 2. The Bertz CT molecular complexity index is 300. The Labute approximate surface area is 66.0 Å². The summed E-state index contributed by atoms with van der Waals surface area (Å²) in [5.74, 6) is -3.46. The molecule has 0 heterocycles. The van der Waals surface area contributed by atoms with Crippen molar-refractivity contribution in [3.05, 3.63) is 29.6 Å². The zero-order valence-corrected chi connectivity index (χ0v) is 5.96. The molecule has 0 N–H and O–H groups in total. The molecule has 1 aromatic carbocycles. The second kappa shape index (κ2) is 2.96. The molecule has 0 saturated carbocycles. The van der Waals surface area contributed by atoms with E-state index in [1.54, 1.807) is 0 Å². The normalized spacial score (nSPS) is 9.73. The maximum atomic E-state index is 12.5. The molecule has 1 aromatic rings. The lowest BCUT2D eigenvalue weighted by Crippen LogP contribution is -1.86. The third kappa shape index (κ3) is 1.37. The summed E-state index contributed by atoms with van der Waals surface area (Å²) in [5.41, 5.74) is -0.750. The predicted molar refractivity (Wildman–Crippen MR) is 35.8 cm³/mol. The van der Waals surface area contributed by atoms with Crippen molar-refractivity contribution in [2.45, 2.75) is 0 Å². The Balaban J connectivity index is 3.40. The zero-order valence-electron chi connectivity index (χ0n) is 5.14. The minimum absolute atomic E-state index is 0.675. The van der Waals surface area contributed by atoms with Crippen molar-refractivity contribution in [2.24, 2.45) is 4.36 Å². The van der Waals surface area contributed by atoms with Gasteiger partial charge in [0.05, 0.1) is 0 Å². The lowest BCUT2D eigenvalue weighted by Gasteiger charge is -1.96. The fourth-order valence-electron chi connectivity index (χ4n) is 0.600. The van der Waals surface area contributed by atoms with E-state index in [9.17, 15) is 13.2 Å². The fraction of sp³-hybridized carbons (Fsp3) is 0. The molecule has 0 atom stereocenters. The largest absolute Gasteiger partial charge is 0.204 e. The van der Waals surface area contributed by atoms with Gasteiger partial charge in [-0.25, -0.2) is 13.2 Å². The summed E-state index contributed by atoms with van der Waals surface area (Å²) in [4.78, 5) is 0. The van der Waals surface area contributed by atoms with Gasteiger partial charge in [-0.3, -0.25) is 0 Å². The number of halogens is 3. The average molecular weight is 177 g/mol. The van der Waals surface area contributed by atoms with Crippen molar-refractivity contribution in [2.75, 3.05) is 0 Å². The monoisotopic (exact) mass is 177 g/mol. The Morgan fingerprint density at radius 2 is 1.64 bits per heavy atom. The highest BCUT2D eigenvalue weighted by Gasteiger charge is 2.11. The van der Waals surface area contributed by atoms with Crippen molar-refractivity contribution in [1.29, 1.82) is 0 Å². The van der Waals surface area contributed by atoms with E-state index in [1.165, 1.54) is 0 Å². The van der Waals surface area contributed by atoms with Crippen LogP contribution in [0.15, 0.2) is 16.5 Å². The number of rotatable bonds is 1. The van der Waals surface area contributed by atoms with E-state index in [0.29, 0.717) is 6.07 Å². The van der Waals surface area contributed by atoms with Crippen LogP contribution >= 0.6 is 0 Å². The van der Waals surface area contributed by atoms with Crippen LogP contribution in [-0.2, 0) is 12.4 Å². The lowest BCUT2D eigenvalue weighted by atomic mass is 10.3. The summed E-state index contributed by atoms with van der Waals surface area (Å²) in [5, 5.41) is 0. The number of hydrogen-bond donors (Lipinski definition) is 0. The number of nitrogens with zero attached hydrogens (tertiary/aromatic N) is 1. The van der Waals surface area contributed by atoms with E-state index in [4.69, 9.17) is 0 Å². The molecule has 0 aliphatic carbocycles. The highest BCUT2D eigenvalue weighted by molar-refractivity contribution is 7.47. The van der Waals surface area contributed by atoms with Crippen LogP contribution in [0, 0.1) is 17.5 Å². The topological polar surface area (TPSA) is 12.4 Å². The van der Waals surface area contributed by atoms with Gasteiger partial charge in [-0.2, -0.15) is 4.36 Å². The van der Waals surface area contributed by atoms with Crippen LogP contribution in [0.2, 0.25) is 0 Å². The Hall–Kier alpha value is -0.970. The van der Waals surface area contributed by atoms with Crippen LogP contribution in [-0.4, -0.2) is 0 Å². The molecular weight excluding hydrogens is 175 g/mol. The maximum absolute atomic E-state index is 12.5.